The molecule has 0 radical (unpaired) electrons. The Morgan fingerprint density at radius 1 is 1.15 bits per heavy atom. The number of carbonyl (C=O) groups is 2. The molecule has 12 heteroatoms. The second kappa shape index (κ2) is 13.3. The van der Waals surface area contributed by atoms with Crippen molar-refractivity contribution in [3.8, 4) is 11.6 Å². The van der Waals surface area contributed by atoms with Gasteiger partial charge in [0, 0.05) is 25.3 Å². The van der Waals surface area contributed by atoms with Crippen molar-refractivity contribution in [2.75, 3.05) is 33.8 Å². The summed E-state index contributed by atoms with van der Waals surface area (Å²) in [7, 11) is 3.90. The van der Waals surface area contributed by atoms with E-state index in [1.54, 1.807) is 4.90 Å². The molecule has 0 bridgehead atoms. The lowest BCUT2D eigenvalue weighted by molar-refractivity contribution is -0.137. The number of likely N-dealkylation sites (tertiary alicyclic amines) is 1. The minimum Gasteiger partial charge on any atom is -0.437 e. The number of pyridine rings is 1. The molecule has 4 rings (SSSR count). The monoisotopic (exact) mass is 590 g/mol. The van der Waals surface area contributed by atoms with Crippen molar-refractivity contribution in [1.29, 1.82) is 0 Å². The van der Waals surface area contributed by atoms with Gasteiger partial charge in [-0.05, 0) is 56.4 Å². The van der Waals surface area contributed by atoms with Crippen LogP contribution in [0, 0.1) is 0 Å². The third-order valence-corrected chi connectivity index (χ3v) is 6.98. The number of nitrogens with zero attached hydrogens (tertiary/aromatic N) is 3. The Balaban J connectivity index is 1.51. The molecule has 0 saturated carbocycles. The summed E-state index contributed by atoms with van der Waals surface area (Å²) in [5.41, 5.74) is -0.0590. The lowest BCUT2D eigenvalue weighted by Crippen LogP contribution is -2.51. The molecule has 0 aliphatic carbocycles. The number of benzene rings is 2. The van der Waals surface area contributed by atoms with Crippen LogP contribution in [0.1, 0.15) is 27.9 Å². The number of halogens is 4. The summed E-state index contributed by atoms with van der Waals surface area (Å²) in [6, 6.07) is 14.2. The van der Waals surface area contributed by atoms with Gasteiger partial charge in [0.25, 0.3) is 5.91 Å². The second-order valence-electron chi connectivity index (χ2n) is 9.82. The lowest BCUT2D eigenvalue weighted by Gasteiger charge is -2.25. The Kier molecular flexibility index (Phi) is 9.85. The maximum atomic E-state index is 13.5. The summed E-state index contributed by atoms with van der Waals surface area (Å²) in [6.07, 6.45) is -2.41. The number of ether oxygens (including phenoxy) is 2. The average Bonchev–Trinajstić information content (AvgIpc) is 3.44. The van der Waals surface area contributed by atoms with Crippen molar-refractivity contribution in [3.05, 3.63) is 88.6 Å². The normalized spacial score (nSPS) is 16.1. The van der Waals surface area contributed by atoms with Gasteiger partial charge in [-0.1, -0.05) is 41.9 Å². The van der Waals surface area contributed by atoms with Crippen LogP contribution in [-0.2, 0) is 22.3 Å². The Morgan fingerprint density at radius 3 is 2.56 bits per heavy atom. The van der Waals surface area contributed by atoms with Crippen molar-refractivity contribution >= 4 is 23.4 Å². The van der Waals surface area contributed by atoms with Crippen LogP contribution in [0.5, 0.6) is 11.6 Å². The fourth-order valence-electron chi connectivity index (χ4n) is 4.37. The number of carbonyl (C=O) groups excluding carboxylic acids is 2. The third kappa shape index (κ3) is 7.96. The maximum Gasteiger partial charge on any atom is 0.416 e. The van der Waals surface area contributed by atoms with Crippen LogP contribution in [-0.4, -0.2) is 72.5 Å². The number of hydrogen-bond acceptors (Lipinski definition) is 6. The van der Waals surface area contributed by atoms with Crippen LogP contribution < -0.4 is 10.1 Å². The highest BCUT2D eigenvalue weighted by molar-refractivity contribution is 6.32. The largest absolute Gasteiger partial charge is 0.437 e. The van der Waals surface area contributed by atoms with E-state index in [-0.39, 0.29) is 47.4 Å². The van der Waals surface area contributed by atoms with E-state index >= 15 is 0 Å². The number of hydrogen-bond donors (Lipinski definition) is 1. The van der Waals surface area contributed by atoms with Gasteiger partial charge in [0.1, 0.15) is 17.4 Å². The van der Waals surface area contributed by atoms with E-state index in [0.29, 0.717) is 13.1 Å². The Labute approximate surface area is 241 Å². The zero-order valence-electron chi connectivity index (χ0n) is 22.5. The number of nitrogens with one attached hydrogen (secondary N) is 1. The van der Waals surface area contributed by atoms with Crippen molar-refractivity contribution in [3.63, 3.8) is 0 Å². The molecule has 1 saturated heterocycles. The van der Waals surface area contributed by atoms with Gasteiger partial charge in [0.05, 0.1) is 23.8 Å². The molecule has 2 aromatic carbocycles. The molecule has 1 aliphatic heterocycles. The zero-order valence-corrected chi connectivity index (χ0v) is 23.3. The predicted molar refractivity (Wildman–Crippen MR) is 147 cm³/mol. The molecule has 3 aromatic rings. The minimum absolute atomic E-state index is 0.0306. The van der Waals surface area contributed by atoms with Gasteiger partial charge in [-0.15, -0.1) is 0 Å². The van der Waals surface area contributed by atoms with Crippen LogP contribution in [0.4, 0.5) is 13.2 Å². The van der Waals surface area contributed by atoms with Gasteiger partial charge in [-0.3, -0.25) is 9.59 Å². The van der Waals surface area contributed by atoms with Gasteiger partial charge in [0.2, 0.25) is 11.8 Å². The summed E-state index contributed by atoms with van der Waals surface area (Å²) in [5, 5.41) is 2.44. The number of alkyl halides is 3. The van der Waals surface area contributed by atoms with Gasteiger partial charge >= 0.3 is 6.18 Å². The molecule has 0 spiro atoms. The number of rotatable bonds is 10. The van der Waals surface area contributed by atoms with Crippen molar-refractivity contribution in [2.24, 2.45) is 0 Å². The summed E-state index contributed by atoms with van der Waals surface area (Å²) in [6.45, 7) is 1.23. The topological polar surface area (TPSA) is 84.0 Å². The number of amides is 2. The molecule has 2 atom stereocenters. The van der Waals surface area contributed by atoms with Crippen molar-refractivity contribution < 1.29 is 32.2 Å². The first-order valence-corrected chi connectivity index (χ1v) is 13.3. The lowest BCUT2D eigenvalue weighted by atomic mass is 10.2. The molecule has 2 heterocycles. The van der Waals surface area contributed by atoms with Crippen LogP contribution in [0.3, 0.4) is 0 Å². The van der Waals surface area contributed by atoms with E-state index in [0.717, 1.165) is 30.2 Å². The van der Waals surface area contributed by atoms with E-state index in [9.17, 15) is 22.8 Å². The molecule has 8 nitrogen and oxygen atoms in total. The second-order valence-corrected chi connectivity index (χ2v) is 10.2. The third-order valence-electron chi connectivity index (χ3n) is 6.69. The van der Waals surface area contributed by atoms with Crippen molar-refractivity contribution in [1.82, 2.24) is 20.1 Å². The van der Waals surface area contributed by atoms with Crippen LogP contribution in [0.15, 0.2) is 66.9 Å². The van der Waals surface area contributed by atoms with Gasteiger partial charge in [0.15, 0.2) is 0 Å². The van der Waals surface area contributed by atoms with E-state index in [4.69, 9.17) is 21.1 Å². The smallest absolute Gasteiger partial charge is 0.416 e. The van der Waals surface area contributed by atoms with Crippen LogP contribution >= 0.6 is 11.6 Å². The molecule has 1 aromatic heterocycles. The highest BCUT2D eigenvalue weighted by atomic mass is 35.5. The number of likely N-dealkylation sites (N-methyl/N-ethyl adjacent to an activating group) is 1. The quantitative estimate of drug-likeness (QED) is 0.357. The van der Waals surface area contributed by atoms with Crippen LogP contribution in [0.2, 0.25) is 5.02 Å². The average molecular weight is 591 g/mol. The SMILES string of the molecule is CN(C)[C@H]1CCN(C(=O)[C@@H](COCc2ccccc2)NC(=O)c2cccnc2Oc2ccc(C(F)(F)F)cc2Cl)C1. The summed E-state index contributed by atoms with van der Waals surface area (Å²) >= 11 is 6.03. The molecule has 1 fully saturated rings. The zero-order chi connectivity index (χ0) is 29.6. The van der Waals surface area contributed by atoms with Gasteiger partial charge in [-0.2, -0.15) is 13.2 Å². The van der Waals surface area contributed by atoms with Crippen molar-refractivity contribution in [2.45, 2.75) is 31.3 Å². The summed E-state index contributed by atoms with van der Waals surface area (Å²) in [4.78, 5) is 34.8. The molecule has 1 aliphatic rings. The fraction of sp³-hybridized carbons (Fsp3) is 0.345. The molecule has 218 valence electrons. The predicted octanol–water partition coefficient (Wildman–Crippen LogP) is 5.02. The standard InChI is InChI=1S/C29H30ClF3N4O4/c1-36(2)21-12-14-37(16-21)28(39)24(18-40-17-19-7-4-3-5-8-19)35-26(38)22-9-6-13-34-27(22)41-25-11-10-20(15-23(25)30)29(31,32)33/h3-11,13,15,21,24H,12,14,16-18H2,1-2H3,(H,35,38)/t21-,24+/m0/s1. The fourth-order valence-corrected chi connectivity index (χ4v) is 4.59. The first kappa shape index (κ1) is 30.3. The highest BCUT2D eigenvalue weighted by Crippen LogP contribution is 2.36. The van der Waals surface area contributed by atoms with E-state index in [1.807, 2.05) is 44.4 Å². The molecule has 1 N–H and O–H groups in total. The van der Waals surface area contributed by atoms with E-state index in [1.165, 1.54) is 18.3 Å². The molecule has 0 unspecified atom stereocenters. The molecular formula is C29H30ClF3N4O4. The number of aromatic nitrogens is 1. The van der Waals surface area contributed by atoms with E-state index in [2.05, 4.69) is 15.2 Å². The molecule has 41 heavy (non-hydrogen) atoms. The first-order chi connectivity index (χ1) is 19.5. The van der Waals surface area contributed by atoms with Gasteiger partial charge < -0.3 is 24.6 Å². The van der Waals surface area contributed by atoms with Gasteiger partial charge in [-0.25, -0.2) is 4.98 Å². The Hall–Kier alpha value is -3.67. The van der Waals surface area contributed by atoms with E-state index < -0.39 is 23.7 Å². The summed E-state index contributed by atoms with van der Waals surface area (Å²) in [5.74, 6) is -1.25. The Morgan fingerprint density at radius 2 is 1.90 bits per heavy atom. The van der Waals surface area contributed by atoms with Crippen LogP contribution in [0.25, 0.3) is 0 Å². The highest BCUT2D eigenvalue weighted by Gasteiger charge is 2.34. The Bertz CT molecular complexity index is 1360. The first-order valence-electron chi connectivity index (χ1n) is 12.9. The minimum atomic E-state index is -4.58. The molecule has 2 amide bonds. The molecular weight excluding hydrogens is 561 g/mol. The summed E-state index contributed by atoms with van der Waals surface area (Å²) < 4.78 is 50.6. The maximum absolute atomic E-state index is 13.5.